The number of rotatable bonds is 13. The number of hydrazine groups is 1. The fourth-order valence-corrected chi connectivity index (χ4v) is 8.90. The molecule has 0 aliphatic carbocycles. The summed E-state index contributed by atoms with van der Waals surface area (Å²) in [5.41, 5.74) is 13.8. The molecular formula is C76H88Cl3N19O20. The van der Waals surface area contributed by atoms with Crippen LogP contribution >= 0.6 is 34.8 Å². The van der Waals surface area contributed by atoms with Crippen molar-refractivity contribution in [2.24, 2.45) is 44.8 Å². The van der Waals surface area contributed by atoms with E-state index >= 15 is 0 Å². The smallest absolute Gasteiger partial charge is 0.476 e. The molecule has 0 saturated carbocycles. The minimum atomic E-state index is -2.03. The molecule has 0 aliphatic heterocycles. The van der Waals surface area contributed by atoms with Crippen LogP contribution in [0.5, 0.6) is 0 Å². The van der Waals surface area contributed by atoms with Crippen molar-refractivity contribution in [3.05, 3.63) is 264 Å². The van der Waals surface area contributed by atoms with Crippen molar-refractivity contribution in [2.75, 3.05) is 38.4 Å². The number of carbonyl (C=O) groups excluding carboxylic acids is 9. The molecule has 0 radical (unpaired) electrons. The largest absolute Gasteiger partial charge is 0.511 e. The topological polar surface area (TPSA) is 539 Å². The number of tetrazole rings is 1. The zero-order valence-electron chi connectivity index (χ0n) is 67.0. The summed E-state index contributed by atoms with van der Waals surface area (Å²) in [4.78, 5) is 180. The van der Waals surface area contributed by atoms with Crippen molar-refractivity contribution in [2.45, 2.75) is 86.1 Å². The summed E-state index contributed by atoms with van der Waals surface area (Å²) >= 11 is 15.0. The lowest BCUT2D eigenvalue weighted by Gasteiger charge is -2.11. The van der Waals surface area contributed by atoms with Crippen molar-refractivity contribution in [1.29, 1.82) is 0 Å². The summed E-state index contributed by atoms with van der Waals surface area (Å²) in [6, 6.07) is 43.6. The number of methoxy groups -OCH3 is 1. The number of anilines is 2. The molecule has 118 heavy (non-hydrogen) atoms. The standard InChI is InChI=1S/C14H14N8O3.C13H13N3O3.C12H11N3O4.C10H14N2O.C8H7NO.C7H9N.C6H10O3.C3H3Cl3O3.C2H7N.CO2/c1-8-6-4-5-7-9(8)22-12(24)10(17-21(3)14(22)25)11(23)15-13-16-18-19-20(13)2;1-8-6-4-5-7-10(8)16-12(18)11(9(2)17)14-15(3)13(16)19;1-7-5-3-4-6-8(7)15-10(16)9(11(17)18)13-14(2)12(15)19;1-8-5-3-4-6-9(8)7-10(13)12(2)11;1-7-4-2-3-5-8(7)9-6-10;1-6-4-2-3-5-7(6)8;1-3-5(7)6(8)9-4-2;1-8-2(7)9-3(4,5)6;1-2-3;2-1-3/h4-7H,1-3H3,(H,15,16,19,23);4-7H,1-3H3;3-6H,1-2H3,(H,17,18);3-6H,7,11H2,1-2H3;2-5H,1H3;2-5H,8H2,1H3;3-4H2,1-2H3;1H3;2-3H2,1H3;. The second-order valence-electron chi connectivity index (χ2n) is 23.4. The number of carboxylic acid groups (broad SMARTS) is 1. The molecule has 4 aromatic heterocycles. The Hall–Kier alpha value is -13.9. The predicted octanol–water partition coefficient (Wildman–Crippen LogP) is 5.81. The Kier molecular flexibility index (Phi) is 44.7. The van der Waals surface area contributed by atoms with E-state index in [4.69, 9.17) is 66.8 Å². The lowest BCUT2D eigenvalue weighted by atomic mass is 10.1. The zero-order valence-corrected chi connectivity index (χ0v) is 69.2. The highest BCUT2D eigenvalue weighted by Gasteiger charge is 2.26. The molecule has 0 unspecified atom stereocenters. The molecule has 10 aromatic rings. The first-order valence-corrected chi connectivity index (χ1v) is 35.5. The first-order valence-electron chi connectivity index (χ1n) is 34.3. The number of Topliss-reactive ketones (excluding diaryl/α,β-unsaturated/α-hetero) is 2. The van der Waals surface area contributed by atoms with Crippen molar-refractivity contribution in [3.8, 4) is 17.1 Å². The Morgan fingerprint density at radius 2 is 0.958 bits per heavy atom. The number of aromatic carboxylic acids is 1. The van der Waals surface area contributed by atoms with Gasteiger partial charge in [0.2, 0.25) is 35.1 Å². The Balaban J connectivity index is 0.000000687. The number of halogens is 3. The molecule has 628 valence electrons. The number of nitrogen functional groups attached to an aromatic ring is 1. The van der Waals surface area contributed by atoms with E-state index in [1.54, 1.807) is 121 Å². The van der Waals surface area contributed by atoms with Crippen LogP contribution < -0.4 is 56.4 Å². The molecule has 8 N–H and O–H groups in total. The Morgan fingerprint density at radius 3 is 1.29 bits per heavy atom. The average Bonchev–Trinajstić information content (AvgIpc) is 0.805. The maximum atomic E-state index is 12.7. The number of ether oxygens (including phenoxy) is 3. The van der Waals surface area contributed by atoms with Gasteiger partial charge in [-0.2, -0.15) is 29.9 Å². The fraction of sp³-hybridized carbons (Fsp3) is 0.276. The lowest BCUT2D eigenvalue weighted by Crippen LogP contribution is -2.44. The highest BCUT2D eigenvalue weighted by atomic mass is 35.6. The normalized spacial score (nSPS) is 9.74. The van der Waals surface area contributed by atoms with E-state index in [9.17, 15) is 67.1 Å². The number of amides is 2. The van der Waals surface area contributed by atoms with E-state index in [0.29, 0.717) is 40.3 Å². The molecule has 0 saturated heterocycles. The first-order chi connectivity index (χ1) is 55.5. The number of carboxylic acids is 1. The molecule has 10 rings (SSSR count). The van der Waals surface area contributed by atoms with Gasteiger partial charge in [0.05, 0.1) is 42.9 Å². The van der Waals surface area contributed by atoms with E-state index in [1.165, 1.54) is 45.9 Å². The van der Waals surface area contributed by atoms with Crippen LogP contribution in [-0.2, 0) is 77.6 Å². The monoisotopic (exact) mass is 1690 g/mol. The first kappa shape index (κ1) is 102. The third kappa shape index (κ3) is 33.2. The second kappa shape index (κ2) is 51.7. The van der Waals surface area contributed by atoms with Crippen LogP contribution in [0.2, 0.25) is 0 Å². The number of likely N-dealkylation sites (N-methyl/N-ethyl adjacent to an activating group) is 1. The number of carbonyl (C=O) groups is 7. The average molecular weight is 1690 g/mol. The van der Waals surface area contributed by atoms with Crippen molar-refractivity contribution in [1.82, 2.24) is 68.3 Å². The molecule has 0 aliphatic rings. The van der Waals surface area contributed by atoms with Crippen LogP contribution in [0.3, 0.4) is 0 Å². The number of nitrogens with zero attached hydrogens (tertiary/aromatic N) is 15. The quantitative estimate of drug-likeness (QED) is 0.00868. The van der Waals surface area contributed by atoms with E-state index in [1.807, 2.05) is 94.4 Å². The summed E-state index contributed by atoms with van der Waals surface area (Å²) in [7, 11) is 8.25. The number of aromatic nitrogens is 13. The zero-order chi connectivity index (χ0) is 89.9. The Labute approximate surface area is 688 Å². The van der Waals surface area contributed by atoms with Crippen molar-refractivity contribution in [3.63, 3.8) is 0 Å². The summed E-state index contributed by atoms with van der Waals surface area (Å²) in [6.07, 6.45) is 1.31. The van der Waals surface area contributed by atoms with Gasteiger partial charge in [-0.3, -0.25) is 43.9 Å². The highest BCUT2D eigenvalue weighted by molar-refractivity contribution is 6.66. The second-order valence-corrected chi connectivity index (χ2v) is 25.6. The molecular weight excluding hydrogens is 1610 g/mol. The van der Waals surface area contributed by atoms with Gasteiger partial charge in [0.15, 0.2) is 11.5 Å². The summed E-state index contributed by atoms with van der Waals surface area (Å²) in [5.74, 6) is 1.35. The van der Waals surface area contributed by atoms with Crippen LogP contribution in [0.15, 0.2) is 179 Å². The molecule has 42 heteroatoms. The van der Waals surface area contributed by atoms with Gasteiger partial charge in [0.1, 0.15) is 0 Å². The van der Waals surface area contributed by atoms with E-state index in [2.05, 4.69) is 55.3 Å². The predicted molar refractivity (Wildman–Crippen MR) is 435 cm³/mol. The number of hydrogen-bond acceptors (Lipinski definition) is 29. The van der Waals surface area contributed by atoms with Gasteiger partial charge in [-0.1, -0.05) is 134 Å². The number of aryl methyl sites for hydroxylation is 10. The number of esters is 1. The SMILES string of the molecule is CC(=O)c1nn(C)c(=O)n(-c2ccccc2C)c1=O.CCN.CCOC(=O)C(=O)CC.COC(=O)OC(Cl)(Cl)Cl.Cc1ccccc1-n1c(=O)c(C(=O)Nc2nnnn2C)nn(C)c1=O.Cc1ccccc1-n1c(=O)c(C(=O)O)nn(C)c1=O.Cc1ccccc1CC(=O)N(C)N.Cc1ccccc1N.Cc1ccccc1N=C=O.O=C=O. The molecule has 6 aromatic carbocycles. The third-order valence-electron chi connectivity index (χ3n) is 14.7. The van der Waals surface area contributed by atoms with E-state index in [-0.39, 0.29) is 36.7 Å². The number of aliphatic imine (C=N–C) groups is 1. The van der Waals surface area contributed by atoms with Gasteiger partial charge in [0, 0.05) is 54.3 Å². The van der Waals surface area contributed by atoms with Gasteiger partial charge >= 0.3 is 45.3 Å². The summed E-state index contributed by atoms with van der Waals surface area (Å²) < 4.78 is 17.1. The number of isocyanates is 1. The molecule has 0 atom stereocenters. The van der Waals surface area contributed by atoms with Gasteiger partial charge in [-0.15, -0.1) is 0 Å². The lowest BCUT2D eigenvalue weighted by molar-refractivity contribution is -0.191. The van der Waals surface area contributed by atoms with Crippen LogP contribution in [-0.4, -0.2) is 158 Å². The molecule has 39 nitrogen and oxygen atoms in total. The number of nitrogens with one attached hydrogen (secondary N) is 1. The number of ketones is 2. The fourth-order valence-electron chi connectivity index (χ4n) is 8.71. The number of hydrogen-bond donors (Lipinski definition) is 5. The van der Waals surface area contributed by atoms with Crippen molar-refractivity contribution < 1.29 is 67.3 Å². The minimum Gasteiger partial charge on any atom is -0.476 e. The van der Waals surface area contributed by atoms with Crippen LogP contribution in [0.4, 0.5) is 22.1 Å². The molecule has 0 spiro atoms. The number of benzene rings is 6. The molecule has 4 heterocycles. The Bertz CT molecular complexity index is 5430. The maximum Gasteiger partial charge on any atom is 0.511 e. The number of alkyl halides is 3. The molecule has 0 fully saturated rings. The van der Waals surface area contributed by atoms with Crippen LogP contribution in [0.25, 0.3) is 17.1 Å². The summed E-state index contributed by atoms with van der Waals surface area (Å²) in [6.45, 7) is 18.6. The van der Waals surface area contributed by atoms with Crippen LogP contribution in [0.1, 0.15) is 105 Å². The number of para-hydroxylation sites is 5. The summed E-state index contributed by atoms with van der Waals surface area (Å²) in [5, 5.41) is 34.0. The van der Waals surface area contributed by atoms with Gasteiger partial charge in [-0.05, 0) is 170 Å². The van der Waals surface area contributed by atoms with Gasteiger partial charge < -0.3 is 30.8 Å². The molecule has 0 bridgehead atoms. The Morgan fingerprint density at radius 1 is 0.576 bits per heavy atom. The van der Waals surface area contributed by atoms with Gasteiger partial charge in [-0.25, -0.2) is 71.8 Å². The van der Waals surface area contributed by atoms with E-state index in [0.717, 1.165) is 79.9 Å². The van der Waals surface area contributed by atoms with E-state index < -0.39 is 84.7 Å². The minimum absolute atomic E-state index is 0.0440. The molecule has 2 amide bonds. The van der Waals surface area contributed by atoms with Gasteiger partial charge in [0.25, 0.3) is 22.6 Å². The maximum absolute atomic E-state index is 12.7. The number of nitrogens with two attached hydrogens (primary N) is 3. The van der Waals surface area contributed by atoms with Crippen molar-refractivity contribution >= 4 is 106 Å². The third-order valence-corrected chi connectivity index (χ3v) is 14.9. The van der Waals surface area contributed by atoms with Crippen LogP contribution in [0, 0.1) is 41.5 Å². The highest BCUT2D eigenvalue weighted by Crippen LogP contribution is 2.27.